The van der Waals surface area contributed by atoms with Gasteiger partial charge in [-0.1, -0.05) is 23.7 Å². The van der Waals surface area contributed by atoms with Gasteiger partial charge in [0.2, 0.25) is 0 Å². The Morgan fingerprint density at radius 2 is 1.60 bits per heavy atom. The van der Waals surface area contributed by atoms with E-state index in [0.29, 0.717) is 0 Å². The average molecular weight is 345 g/mol. The smallest absolute Gasteiger partial charge is 0.0420 e. The largest absolute Gasteiger partial charge is 0.135 e. The van der Waals surface area contributed by atoms with Crippen molar-refractivity contribution in [2.24, 2.45) is 0 Å². The van der Waals surface area contributed by atoms with Crippen molar-refractivity contribution in [2.45, 2.75) is 0 Å². The van der Waals surface area contributed by atoms with Crippen LogP contribution in [-0.2, 0) is 0 Å². The Labute approximate surface area is 110 Å². The van der Waals surface area contributed by atoms with E-state index in [2.05, 4.69) is 46.9 Å². The molecule has 0 N–H and O–H groups in total. The van der Waals surface area contributed by atoms with Crippen LogP contribution in [0, 0.1) is 3.57 Å². The summed E-state index contributed by atoms with van der Waals surface area (Å²) < 4.78 is 3.87. The highest BCUT2D eigenvalue weighted by atomic mass is 127. The molecule has 3 aromatic rings. The van der Waals surface area contributed by atoms with Gasteiger partial charge in [0, 0.05) is 28.8 Å². The lowest BCUT2D eigenvalue weighted by Gasteiger charge is -1.92. The van der Waals surface area contributed by atoms with E-state index < -0.39 is 0 Å². The lowest BCUT2D eigenvalue weighted by Crippen LogP contribution is -1.68. The maximum Gasteiger partial charge on any atom is 0.0420 e. The molecule has 2 aromatic carbocycles. The first-order valence-electron chi connectivity index (χ1n) is 4.51. The summed E-state index contributed by atoms with van der Waals surface area (Å²) in [5.41, 5.74) is 0. The van der Waals surface area contributed by atoms with Crippen LogP contribution in [0.15, 0.2) is 36.4 Å². The van der Waals surface area contributed by atoms with Crippen LogP contribution >= 0.6 is 45.5 Å². The van der Waals surface area contributed by atoms with E-state index in [9.17, 15) is 0 Å². The summed E-state index contributed by atoms with van der Waals surface area (Å²) in [5.74, 6) is 0. The molecule has 0 amide bonds. The summed E-state index contributed by atoms with van der Waals surface area (Å²) in [4.78, 5) is 0. The molecule has 0 aliphatic carbocycles. The molecule has 15 heavy (non-hydrogen) atoms. The Bertz CT molecular complexity index is 601. The number of hydrogen-bond acceptors (Lipinski definition) is 1. The van der Waals surface area contributed by atoms with Gasteiger partial charge in [-0.3, -0.25) is 0 Å². The molecule has 0 nitrogen and oxygen atoms in total. The van der Waals surface area contributed by atoms with E-state index in [1.165, 1.54) is 23.7 Å². The minimum absolute atomic E-state index is 0.809. The average Bonchev–Trinajstić information content (AvgIpc) is 2.53. The second-order valence-electron chi connectivity index (χ2n) is 3.38. The van der Waals surface area contributed by atoms with Crippen LogP contribution in [-0.4, -0.2) is 0 Å². The van der Waals surface area contributed by atoms with Crippen LogP contribution < -0.4 is 0 Å². The van der Waals surface area contributed by atoms with Crippen molar-refractivity contribution in [3.05, 3.63) is 45.0 Å². The van der Waals surface area contributed by atoms with Crippen molar-refractivity contribution in [1.82, 2.24) is 0 Å². The zero-order valence-corrected chi connectivity index (χ0v) is 11.4. The number of hydrogen-bond donors (Lipinski definition) is 0. The normalized spacial score (nSPS) is 11.3. The van der Waals surface area contributed by atoms with Gasteiger partial charge in [0.25, 0.3) is 0 Å². The lowest BCUT2D eigenvalue weighted by atomic mass is 10.2. The molecule has 1 heterocycles. The monoisotopic (exact) mass is 344 g/mol. The molecule has 0 aliphatic rings. The van der Waals surface area contributed by atoms with Gasteiger partial charge < -0.3 is 0 Å². The van der Waals surface area contributed by atoms with Gasteiger partial charge in [-0.05, 0) is 46.9 Å². The molecule has 1 aromatic heterocycles. The van der Waals surface area contributed by atoms with E-state index in [4.69, 9.17) is 11.6 Å². The van der Waals surface area contributed by atoms with Gasteiger partial charge in [0.1, 0.15) is 0 Å². The fourth-order valence-electron chi connectivity index (χ4n) is 1.72. The van der Waals surface area contributed by atoms with Crippen LogP contribution in [0.3, 0.4) is 0 Å². The van der Waals surface area contributed by atoms with Crippen LogP contribution in [0.4, 0.5) is 0 Å². The SMILES string of the molecule is Clc1ccc2c(c1)sc1cc(I)ccc12. The Morgan fingerprint density at radius 3 is 2.40 bits per heavy atom. The molecular weight excluding hydrogens is 339 g/mol. The molecule has 74 valence electrons. The third-order valence-corrected chi connectivity index (χ3v) is 4.42. The van der Waals surface area contributed by atoms with Gasteiger partial charge in [-0.25, -0.2) is 0 Å². The second-order valence-corrected chi connectivity index (χ2v) is 6.15. The number of rotatable bonds is 0. The van der Waals surface area contributed by atoms with E-state index >= 15 is 0 Å². The van der Waals surface area contributed by atoms with Gasteiger partial charge in [0.05, 0.1) is 0 Å². The third kappa shape index (κ3) is 1.65. The quantitative estimate of drug-likeness (QED) is 0.485. The molecule has 0 spiro atoms. The second kappa shape index (κ2) is 3.61. The predicted molar refractivity (Wildman–Crippen MR) is 77.1 cm³/mol. The first-order chi connectivity index (χ1) is 7.24. The Balaban J connectivity index is 2.51. The summed E-state index contributed by atoms with van der Waals surface area (Å²) in [7, 11) is 0. The molecule has 0 fully saturated rings. The molecule has 0 radical (unpaired) electrons. The molecule has 3 rings (SSSR count). The zero-order chi connectivity index (χ0) is 10.4. The van der Waals surface area contributed by atoms with Crippen molar-refractivity contribution in [3.8, 4) is 0 Å². The highest BCUT2D eigenvalue weighted by molar-refractivity contribution is 14.1. The van der Waals surface area contributed by atoms with Crippen LogP contribution in [0.5, 0.6) is 0 Å². The lowest BCUT2D eigenvalue weighted by molar-refractivity contribution is 1.77. The van der Waals surface area contributed by atoms with Crippen molar-refractivity contribution in [2.75, 3.05) is 0 Å². The Morgan fingerprint density at radius 1 is 0.933 bits per heavy atom. The molecule has 0 bridgehead atoms. The first-order valence-corrected chi connectivity index (χ1v) is 6.79. The molecular formula is C12H6ClIS. The maximum absolute atomic E-state index is 5.98. The maximum atomic E-state index is 5.98. The topological polar surface area (TPSA) is 0 Å². The van der Waals surface area contributed by atoms with Gasteiger partial charge in [-0.15, -0.1) is 11.3 Å². The Hall–Kier alpha value is -0.320. The minimum Gasteiger partial charge on any atom is -0.135 e. The summed E-state index contributed by atoms with van der Waals surface area (Å²) in [6.07, 6.45) is 0. The van der Waals surface area contributed by atoms with Gasteiger partial charge in [0.15, 0.2) is 0 Å². The number of benzene rings is 2. The minimum atomic E-state index is 0.809. The zero-order valence-electron chi connectivity index (χ0n) is 7.63. The Kier molecular flexibility index (Phi) is 2.38. The van der Waals surface area contributed by atoms with Crippen molar-refractivity contribution >= 4 is 65.7 Å². The molecule has 0 unspecified atom stereocenters. The molecule has 0 atom stereocenters. The highest BCUT2D eigenvalue weighted by Crippen LogP contribution is 2.35. The van der Waals surface area contributed by atoms with Gasteiger partial charge in [-0.2, -0.15) is 0 Å². The van der Waals surface area contributed by atoms with Crippen LogP contribution in [0.25, 0.3) is 20.2 Å². The number of thiophene rings is 1. The van der Waals surface area contributed by atoms with Crippen LogP contribution in [0.1, 0.15) is 0 Å². The van der Waals surface area contributed by atoms with Crippen molar-refractivity contribution < 1.29 is 0 Å². The van der Waals surface area contributed by atoms with Crippen molar-refractivity contribution in [1.29, 1.82) is 0 Å². The number of fused-ring (bicyclic) bond motifs is 3. The molecule has 0 aliphatic heterocycles. The third-order valence-electron chi connectivity index (χ3n) is 2.40. The van der Waals surface area contributed by atoms with E-state index in [-0.39, 0.29) is 0 Å². The van der Waals surface area contributed by atoms with E-state index in [1.54, 1.807) is 11.3 Å². The first kappa shape index (κ1) is 9.87. The molecule has 0 saturated heterocycles. The molecule has 0 saturated carbocycles. The highest BCUT2D eigenvalue weighted by Gasteiger charge is 2.05. The van der Waals surface area contributed by atoms with Crippen molar-refractivity contribution in [3.63, 3.8) is 0 Å². The fraction of sp³-hybridized carbons (Fsp3) is 0. The summed E-state index contributed by atoms with van der Waals surface area (Å²) >= 11 is 10.1. The summed E-state index contributed by atoms with van der Waals surface area (Å²) in [6, 6.07) is 12.6. The summed E-state index contributed by atoms with van der Waals surface area (Å²) in [6.45, 7) is 0. The van der Waals surface area contributed by atoms with Crippen LogP contribution in [0.2, 0.25) is 5.02 Å². The van der Waals surface area contributed by atoms with E-state index in [1.807, 2.05) is 12.1 Å². The van der Waals surface area contributed by atoms with E-state index in [0.717, 1.165) is 5.02 Å². The standard InChI is InChI=1S/C12H6ClIS/c13-7-1-3-9-10-4-2-8(14)6-12(10)15-11(9)5-7/h1-6H. The predicted octanol–water partition coefficient (Wildman–Crippen LogP) is 5.31. The molecule has 3 heteroatoms. The summed E-state index contributed by atoms with van der Waals surface area (Å²) in [5, 5.41) is 3.44. The number of halogens is 2. The van der Waals surface area contributed by atoms with Gasteiger partial charge >= 0.3 is 0 Å². The fourth-order valence-corrected chi connectivity index (χ4v) is 3.85.